The van der Waals surface area contributed by atoms with Crippen LogP contribution >= 0.6 is 22.6 Å². The molecule has 5 heteroatoms. The second-order valence-corrected chi connectivity index (χ2v) is 11.2. The van der Waals surface area contributed by atoms with Crippen LogP contribution < -0.4 is 4.72 Å². The molecule has 0 radical (unpaired) electrons. The third-order valence-electron chi connectivity index (χ3n) is 4.09. The summed E-state index contributed by atoms with van der Waals surface area (Å²) < 4.78 is 29.2. The fourth-order valence-electron chi connectivity index (χ4n) is 2.40. The molecular formula is C20H26INO2S. The normalized spacial score (nSPS) is 12.9. The zero-order chi connectivity index (χ0) is 19.0. The molecule has 25 heavy (non-hydrogen) atoms. The average Bonchev–Trinajstić information content (AvgIpc) is 2.47. The monoisotopic (exact) mass is 471 g/mol. The van der Waals surface area contributed by atoms with Gasteiger partial charge in [-0.1, -0.05) is 59.7 Å². The van der Waals surface area contributed by atoms with E-state index in [1.807, 2.05) is 24.3 Å². The number of hydrogen-bond donors (Lipinski definition) is 1. The summed E-state index contributed by atoms with van der Waals surface area (Å²) in [5, 5.41) is 0. The number of halogens is 1. The summed E-state index contributed by atoms with van der Waals surface area (Å²) in [6.45, 7) is 12.6. The molecule has 0 spiro atoms. The summed E-state index contributed by atoms with van der Waals surface area (Å²) in [5.41, 5.74) is 2.70. The molecule has 0 fully saturated rings. The van der Waals surface area contributed by atoms with Crippen LogP contribution in [0.1, 0.15) is 52.7 Å². The first-order chi connectivity index (χ1) is 11.3. The van der Waals surface area contributed by atoms with Gasteiger partial charge in [0.1, 0.15) is 0 Å². The maximum Gasteiger partial charge on any atom is 0.261 e. The summed E-state index contributed by atoms with van der Waals surface area (Å²) in [4.78, 5) is 0.288. The van der Waals surface area contributed by atoms with Crippen molar-refractivity contribution in [2.75, 3.05) is 4.72 Å². The third-order valence-corrected chi connectivity index (χ3v) is 6.35. The number of benzene rings is 2. The SMILES string of the molecule is CC(C)(C)c1cccc(S(=O)(=O)Nc2ccc(C(C)(C)C)cc2I)c1. The summed E-state index contributed by atoms with van der Waals surface area (Å²) in [6.07, 6.45) is 0. The van der Waals surface area contributed by atoms with Crippen LogP contribution in [0.15, 0.2) is 47.4 Å². The Bertz CT molecular complexity index is 875. The highest BCUT2D eigenvalue weighted by Crippen LogP contribution is 2.30. The summed E-state index contributed by atoms with van der Waals surface area (Å²) >= 11 is 2.18. The van der Waals surface area contributed by atoms with Crippen LogP contribution in [0.5, 0.6) is 0 Å². The van der Waals surface area contributed by atoms with Crippen molar-refractivity contribution in [2.24, 2.45) is 0 Å². The minimum absolute atomic E-state index is 0.0262. The third kappa shape index (κ3) is 4.97. The lowest BCUT2D eigenvalue weighted by Crippen LogP contribution is -2.17. The van der Waals surface area contributed by atoms with Crippen molar-refractivity contribution in [1.82, 2.24) is 0 Å². The van der Waals surface area contributed by atoms with Gasteiger partial charge in [0.05, 0.1) is 10.6 Å². The van der Waals surface area contributed by atoms with Gasteiger partial charge < -0.3 is 0 Å². The molecule has 0 saturated heterocycles. The van der Waals surface area contributed by atoms with Crippen molar-refractivity contribution < 1.29 is 8.42 Å². The first kappa shape index (κ1) is 20.2. The Balaban J connectivity index is 2.37. The summed E-state index contributed by atoms with van der Waals surface area (Å²) in [7, 11) is -3.62. The van der Waals surface area contributed by atoms with Gasteiger partial charge >= 0.3 is 0 Å². The Morgan fingerprint density at radius 1 is 0.840 bits per heavy atom. The van der Waals surface area contributed by atoms with Gasteiger partial charge in [-0.25, -0.2) is 8.42 Å². The maximum atomic E-state index is 12.8. The van der Waals surface area contributed by atoms with Crippen molar-refractivity contribution in [3.05, 3.63) is 57.2 Å². The fraction of sp³-hybridized carbons (Fsp3) is 0.400. The van der Waals surface area contributed by atoms with E-state index in [1.54, 1.807) is 18.2 Å². The van der Waals surface area contributed by atoms with Crippen molar-refractivity contribution in [2.45, 2.75) is 57.3 Å². The highest BCUT2D eigenvalue weighted by Gasteiger charge is 2.21. The van der Waals surface area contributed by atoms with E-state index in [0.29, 0.717) is 5.69 Å². The van der Waals surface area contributed by atoms with Crippen LogP contribution in [-0.2, 0) is 20.9 Å². The smallest absolute Gasteiger partial charge is 0.261 e. The molecule has 0 atom stereocenters. The number of anilines is 1. The van der Waals surface area contributed by atoms with Gasteiger partial charge in [0.15, 0.2) is 0 Å². The number of sulfonamides is 1. The number of rotatable bonds is 3. The van der Waals surface area contributed by atoms with Gasteiger partial charge in [-0.05, 0) is 68.8 Å². The zero-order valence-electron chi connectivity index (χ0n) is 15.6. The van der Waals surface area contributed by atoms with Gasteiger partial charge in [-0.3, -0.25) is 4.72 Å². The molecule has 0 aromatic heterocycles. The molecule has 0 aliphatic heterocycles. The van der Waals surface area contributed by atoms with Crippen molar-refractivity contribution in [3.8, 4) is 0 Å². The predicted molar refractivity (Wildman–Crippen MR) is 114 cm³/mol. The van der Waals surface area contributed by atoms with Gasteiger partial charge in [0, 0.05) is 3.57 Å². The Labute approximate surface area is 165 Å². The molecular weight excluding hydrogens is 445 g/mol. The van der Waals surface area contributed by atoms with Crippen LogP contribution in [0.25, 0.3) is 0 Å². The lowest BCUT2D eigenvalue weighted by Gasteiger charge is -2.21. The Hall–Kier alpha value is -1.08. The van der Waals surface area contributed by atoms with E-state index in [4.69, 9.17) is 0 Å². The molecule has 2 aromatic rings. The molecule has 3 nitrogen and oxygen atoms in total. The molecule has 2 rings (SSSR count). The second kappa shape index (κ2) is 6.91. The van der Waals surface area contributed by atoms with Crippen LogP contribution in [0.3, 0.4) is 0 Å². The Morgan fingerprint density at radius 3 is 1.92 bits per heavy atom. The number of nitrogens with one attached hydrogen (secondary N) is 1. The average molecular weight is 471 g/mol. The van der Waals surface area contributed by atoms with E-state index in [-0.39, 0.29) is 15.7 Å². The molecule has 1 N–H and O–H groups in total. The van der Waals surface area contributed by atoms with Crippen molar-refractivity contribution in [3.63, 3.8) is 0 Å². The highest BCUT2D eigenvalue weighted by molar-refractivity contribution is 14.1. The van der Waals surface area contributed by atoms with E-state index < -0.39 is 10.0 Å². The quantitative estimate of drug-likeness (QED) is 0.585. The van der Waals surface area contributed by atoms with Crippen LogP contribution in [0.4, 0.5) is 5.69 Å². The molecule has 136 valence electrons. The zero-order valence-corrected chi connectivity index (χ0v) is 18.6. The van der Waals surface area contributed by atoms with Gasteiger partial charge in [-0.15, -0.1) is 0 Å². The van der Waals surface area contributed by atoms with Crippen LogP contribution in [0, 0.1) is 3.57 Å². The van der Waals surface area contributed by atoms with Crippen LogP contribution in [-0.4, -0.2) is 8.42 Å². The van der Waals surface area contributed by atoms with Gasteiger partial charge in [0.2, 0.25) is 0 Å². The standard InChI is InChI=1S/C20H26INO2S/c1-19(2,3)14-8-7-9-16(12-14)25(23,24)22-18-11-10-15(13-17(18)21)20(4,5)6/h7-13,22H,1-6H3. The lowest BCUT2D eigenvalue weighted by molar-refractivity contribution is 0.585. The maximum absolute atomic E-state index is 12.8. The summed E-state index contributed by atoms with van der Waals surface area (Å²) in [5.74, 6) is 0. The largest absolute Gasteiger partial charge is 0.279 e. The van der Waals surface area contributed by atoms with E-state index in [9.17, 15) is 8.42 Å². The molecule has 0 saturated carbocycles. The van der Waals surface area contributed by atoms with Crippen molar-refractivity contribution >= 4 is 38.3 Å². The number of hydrogen-bond acceptors (Lipinski definition) is 2. The molecule has 0 heterocycles. The molecule has 0 bridgehead atoms. The second-order valence-electron chi connectivity index (χ2n) is 8.33. The van der Waals surface area contributed by atoms with E-state index in [1.165, 1.54) is 5.56 Å². The topological polar surface area (TPSA) is 46.2 Å². The minimum Gasteiger partial charge on any atom is -0.279 e. The molecule has 2 aromatic carbocycles. The molecule has 0 unspecified atom stereocenters. The molecule has 0 aliphatic rings. The first-order valence-electron chi connectivity index (χ1n) is 8.24. The molecule has 0 amide bonds. The van der Waals surface area contributed by atoms with Gasteiger partial charge in [0.25, 0.3) is 10.0 Å². The Kier molecular flexibility index (Phi) is 5.59. The first-order valence-corrected chi connectivity index (χ1v) is 10.8. The van der Waals surface area contributed by atoms with E-state index >= 15 is 0 Å². The van der Waals surface area contributed by atoms with Crippen molar-refractivity contribution in [1.29, 1.82) is 0 Å². The van der Waals surface area contributed by atoms with E-state index in [2.05, 4.69) is 68.9 Å². The van der Waals surface area contributed by atoms with Gasteiger partial charge in [-0.2, -0.15) is 0 Å². The summed E-state index contributed by atoms with van der Waals surface area (Å²) in [6, 6.07) is 13.0. The van der Waals surface area contributed by atoms with E-state index in [0.717, 1.165) is 9.13 Å². The highest BCUT2D eigenvalue weighted by atomic mass is 127. The Morgan fingerprint density at radius 2 is 1.40 bits per heavy atom. The molecule has 0 aliphatic carbocycles. The predicted octanol–water partition coefficient (Wildman–Crippen LogP) is 5.69. The fourth-order valence-corrected chi connectivity index (χ4v) is 4.36. The lowest BCUT2D eigenvalue weighted by atomic mass is 9.87. The minimum atomic E-state index is -3.62. The van der Waals surface area contributed by atoms with Crippen LogP contribution in [0.2, 0.25) is 0 Å².